The van der Waals surface area contributed by atoms with Gasteiger partial charge in [0.25, 0.3) is 0 Å². The molecule has 0 aromatic heterocycles. The smallest absolute Gasteiger partial charge is 0.340 e. The van der Waals surface area contributed by atoms with Crippen molar-refractivity contribution in [3.8, 4) is 0 Å². The van der Waals surface area contributed by atoms with Crippen molar-refractivity contribution in [1.82, 2.24) is 5.32 Å². The normalized spacial score (nSPS) is 10.0. The average Bonchev–Trinajstić information content (AvgIpc) is 2.63. The summed E-state index contributed by atoms with van der Waals surface area (Å²) in [6.45, 7) is 1.06. The first-order valence-corrected chi connectivity index (χ1v) is 7.71. The number of nitrogens with one attached hydrogen (secondary N) is 2. The van der Waals surface area contributed by atoms with Crippen LogP contribution in [0.3, 0.4) is 0 Å². The first-order chi connectivity index (χ1) is 11.7. The molecule has 0 saturated carbocycles. The van der Waals surface area contributed by atoms with Crippen LogP contribution in [0.2, 0.25) is 0 Å². The Balaban J connectivity index is 1.94. The first-order valence-electron chi connectivity index (χ1n) is 7.71. The van der Waals surface area contributed by atoms with Crippen molar-refractivity contribution in [2.24, 2.45) is 5.73 Å². The maximum Gasteiger partial charge on any atom is 0.340 e. The molecule has 0 radical (unpaired) electrons. The van der Waals surface area contributed by atoms with Gasteiger partial charge in [0.15, 0.2) is 0 Å². The van der Waals surface area contributed by atoms with Crippen molar-refractivity contribution >= 4 is 17.6 Å². The van der Waals surface area contributed by atoms with Gasteiger partial charge in [0.1, 0.15) is 6.61 Å². The maximum atomic E-state index is 12.3. The van der Waals surface area contributed by atoms with E-state index in [2.05, 4.69) is 10.6 Å². The van der Waals surface area contributed by atoms with E-state index in [1.807, 2.05) is 30.3 Å². The number of hydrogen-bond acceptors (Lipinski definition) is 5. The van der Waals surface area contributed by atoms with Gasteiger partial charge >= 0.3 is 5.97 Å². The van der Waals surface area contributed by atoms with E-state index < -0.39 is 5.97 Å². The standard InChI is InChI=1S/C18H21N3O3/c19-10-11-20-17(22)12-21-16-9-5-4-8-15(16)18(23)24-13-14-6-2-1-3-7-14/h1-9,21H,10-13,19H2,(H,20,22). The van der Waals surface area contributed by atoms with E-state index in [1.165, 1.54) is 0 Å². The molecule has 0 saturated heterocycles. The SMILES string of the molecule is NCCNC(=O)CNc1ccccc1C(=O)OCc1ccccc1. The highest BCUT2D eigenvalue weighted by Crippen LogP contribution is 2.16. The zero-order valence-corrected chi connectivity index (χ0v) is 13.3. The number of benzene rings is 2. The van der Waals surface area contributed by atoms with E-state index in [0.717, 1.165) is 5.56 Å². The number of esters is 1. The summed E-state index contributed by atoms with van der Waals surface area (Å²) in [5.74, 6) is -0.628. The summed E-state index contributed by atoms with van der Waals surface area (Å²) >= 11 is 0. The van der Waals surface area contributed by atoms with Crippen molar-refractivity contribution < 1.29 is 14.3 Å². The van der Waals surface area contributed by atoms with Crippen molar-refractivity contribution in [1.29, 1.82) is 0 Å². The lowest BCUT2D eigenvalue weighted by Gasteiger charge is -2.12. The van der Waals surface area contributed by atoms with Gasteiger partial charge in [0.05, 0.1) is 12.1 Å². The minimum atomic E-state index is -0.440. The van der Waals surface area contributed by atoms with Crippen LogP contribution in [0.25, 0.3) is 0 Å². The number of para-hydroxylation sites is 1. The second-order valence-corrected chi connectivity index (χ2v) is 5.10. The molecular formula is C18H21N3O3. The number of anilines is 1. The average molecular weight is 327 g/mol. The highest BCUT2D eigenvalue weighted by molar-refractivity contribution is 5.96. The quantitative estimate of drug-likeness (QED) is 0.639. The van der Waals surface area contributed by atoms with Crippen molar-refractivity contribution in [2.75, 3.05) is 25.0 Å². The molecule has 126 valence electrons. The van der Waals surface area contributed by atoms with E-state index in [-0.39, 0.29) is 19.1 Å². The second-order valence-electron chi connectivity index (χ2n) is 5.10. The largest absolute Gasteiger partial charge is 0.457 e. The van der Waals surface area contributed by atoms with E-state index in [4.69, 9.17) is 10.5 Å². The molecule has 2 aromatic rings. The Hall–Kier alpha value is -2.86. The molecule has 0 fully saturated rings. The lowest BCUT2D eigenvalue weighted by atomic mass is 10.1. The Bertz CT molecular complexity index is 674. The number of carbonyl (C=O) groups excluding carboxylic acids is 2. The molecule has 0 aliphatic rings. The Labute approximate surface area is 141 Å². The highest BCUT2D eigenvalue weighted by atomic mass is 16.5. The van der Waals surface area contributed by atoms with Gasteiger partial charge in [-0.1, -0.05) is 42.5 Å². The molecule has 2 rings (SSSR count). The lowest BCUT2D eigenvalue weighted by Crippen LogP contribution is -2.33. The Morgan fingerprint density at radius 1 is 1.00 bits per heavy atom. The summed E-state index contributed by atoms with van der Waals surface area (Å²) in [6, 6.07) is 16.4. The molecule has 0 aliphatic carbocycles. The predicted octanol–water partition coefficient (Wildman–Crippen LogP) is 1.53. The van der Waals surface area contributed by atoms with Crippen LogP contribution in [-0.2, 0) is 16.1 Å². The molecule has 24 heavy (non-hydrogen) atoms. The third-order valence-corrected chi connectivity index (χ3v) is 3.27. The van der Waals surface area contributed by atoms with Gasteiger partial charge in [0.2, 0.25) is 5.91 Å². The number of ether oxygens (including phenoxy) is 1. The van der Waals surface area contributed by atoms with Gasteiger partial charge in [-0.3, -0.25) is 4.79 Å². The Kier molecular flexibility index (Phi) is 6.79. The van der Waals surface area contributed by atoms with Crippen molar-refractivity contribution in [3.05, 3.63) is 65.7 Å². The Morgan fingerprint density at radius 3 is 2.46 bits per heavy atom. The first kappa shape index (κ1) is 17.5. The molecule has 6 nitrogen and oxygen atoms in total. The van der Waals surface area contributed by atoms with Crippen LogP contribution in [0.15, 0.2) is 54.6 Å². The van der Waals surface area contributed by atoms with E-state index >= 15 is 0 Å². The zero-order chi connectivity index (χ0) is 17.2. The molecule has 0 heterocycles. The summed E-state index contributed by atoms with van der Waals surface area (Å²) < 4.78 is 5.33. The van der Waals surface area contributed by atoms with Crippen LogP contribution in [0.4, 0.5) is 5.69 Å². The molecule has 0 unspecified atom stereocenters. The number of carbonyl (C=O) groups is 2. The molecule has 1 amide bonds. The fourth-order valence-electron chi connectivity index (χ4n) is 2.07. The topological polar surface area (TPSA) is 93.5 Å². The van der Waals surface area contributed by atoms with Crippen LogP contribution in [0.5, 0.6) is 0 Å². The van der Waals surface area contributed by atoms with Crippen LogP contribution in [-0.4, -0.2) is 31.5 Å². The molecule has 0 bridgehead atoms. The zero-order valence-electron chi connectivity index (χ0n) is 13.3. The number of hydrogen-bond donors (Lipinski definition) is 3. The number of amides is 1. The number of rotatable bonds is 8. The van der Waals surface area contributed by atoms with Gasteiger partial charge in [0, 0.05) is 18.8 Å². The number of nitrogens with two attached hydrogens (primary N) is 1. The summed E-state index contributed by atoms with van der Waals surface area (Å²) in [7, 11) is 0. The molecule has 2 aromatic carbocycles. The molecule has 0 atom stereocenters. The van der Waals surface area contributed by atoms with Crippen LogP contribution >= 0.6 is 0 Å². The van der Waals surface area contributed by atoms with Gasteiger partial charge in [-0.2, -0.15) is 0 Å². The van der Waals surface area contributed by atoms with E-state index in [9.17, 15) is 9.59 Å². The fraction of sp³-hybridized carbons (Fsp3) is 0.222. The van der Waals surface area contributed by atoms with Crippen molar-refractivity contribution in [3.63, 3.8) is 0 Å². The summed E-state index contributed by atoms with van der Waals surface area (Å²) in [5.41, 5.74) is 7.19. The minimum absolute atomic E-state index is 0.0585. The minimum Gasteiger partial charge on any atom is -0.457 e. The summed E-state index contributed by atoms with van der Waals surface area (Å²) in [6.07, 6.45) is 0. The second kappa shape index (κ2) is 9.32. The van der Waals surface area contributed by atoms with Gasteiger partial charge in [-0.05, 0) is 17.7 Å². The monoisotopic (exact) mass is 327 g/mol. The highest BCUT2D eigenvalue weighted by Gasteiger charge is 2.13. The van der Waals surface area contributed by atoms with Gasteiger partial charge in [-0.15, -0.1) is 0 Å². The third kappa shape index (κ3) is 5.40. The molecule has 0 spiro atoms. The summed E-state index contributed by atoms with van der Waals surface area (Å²) in [5, 5.41) is 5.60. The predicted molar refractivity (Wildman–Crippen MR) is 92.6 cm³/mol. The molecule has 0 aliphatic heterocycles. The summed E-state index contributed by atoms with van der Waals surface area (Å²) in [4.78, 5) is 23.9. The van der Waals surface area contributed by atoms with Crippen LogP contribution in [0.1, 0.15) is 15.9 Å². The van der Waals surface area contributed by atoms with Crippen LogP contribution < -0.4 is 16.4 Å². The van der Waals surface area contributed by atoms with E-state index in [1.54, 1.807) is 24.3 Å². The molecule has 6 heteroatoms. The van der Waals surface area contributed by atoms with Gasteiger partial charge < -0.3 is 21.1 Å². The molecule has 4 N–H and O–H groups in total. The Morgan fingerprint density at radius 2 is 1.71 bits per heavy atom. The van der Waals surface area contributed by atoms with E-state index in [0.29, 0.717) is 24.3 Å². The fourth-order valence-corrected chi connectivity index (χ4v) is 2.07. The van der Waals surface area contributed by atoms with Crippen molar-refractivity contribution in [2.45, 2.75) is 6.61 Å². The van der Waals surface area contributed by atoms with Crippen LogP contribution in [0, 0.1) is 0 Å². The molecular weight excluding hydrogens is 306 g/mol. The third-order valence-electron chi connectivity index (χ3n) is 3.27. The lowest BCUT2D eigenvalue weighted by molar-refractivity contribution is -0.119. The van der Waals surface area contributed by atoms with Gasteiger partial charge in [-0.25, -0.2) is 4.79 Å². The maximum absolute atomic E-state index is 12.3.